The normalized spacial score (nSPS) is 20.9. The highest BCUT2D eigenvalue weighted by Gasteiger charge is 2.24. The van der Waals surface area contributed by atoms with Gasteiger partial charge >= 0.3 is 0 Å². The van der Waals surface area contributed by atoms with Crippen molar-refractivity contribution in [3.8, 4) is 0 Å². The summed E-state index contributed by atoms with van der Waals surface area (Å²) in [5, 5.41) is 7.49. The first-order chi connectivity index (χ1) is 12.5. The summed E-state index contributed by atoms with van der Waals surface area (Å²) in [6.07, 6.45) is 6.29. The zero-order chi connectivity index (χ0) is 18.8. The van der Waals surface area contributed by atoms with Crippen LogP contribution < -0.4 is 10.6 Å². The molecule has 7 heteroatoms. The molecule has 1 aromatic carbocycles. The van der Waals surface area contributed by atoms with E-state index >= 15 is 0 Å². The van der Waals surface area contributed by atoms with E-state index in [9.17, 15) is 8.42 Å². The van der Waals surface area contributed by atoms with E-state index in [0.717, 1.165) is 29.7 Å². The van der Waals surface area contributed by atoms with Gasteiger partial charge in [-0.2, -0.15) is 11.8 Å². The van der Waals surface area contributed by atoms with Crippen LogP contribution in [0, 0.1) is 0 Å². The van der Waals surface area contributed by atoms with Gasteiger partial charge in [0.1, 0.15) is 0 Å². The second kappa shape index (κ2) is 10.8. The molecular formula is C19H31N3O2S2. The van der Waals surface area contributed by atoms with Crippen molar-refractivity contribution >= 4 is 27.6 Å². The molecule has 26 heavy (non-hydrogen) atoms. The highest BCUT2D eigenvalue weighted by molar-refractivity contribution is 7.99. The number of rotatable bonds is 9. The number of sulfone groups is 1. The number of nitrogens with one attached hydrogen (secondary N) is 2. The van der Waals surface area contributed by atoms with Crippen molar-refractivity contribution in [1.29, 1.82) is 0 Å². The van der Waals surface area contributed by atoms with Gasteiger partial charge < -0.3 is 10.6 Å². The molecule has 0 bridgehead atoms. The zero-order valence-corrected chi connectivity index (χ0v) is 17.4. The van der Waals surface area contributed by atoms with Gasteiger partial charge in [0.25, 0.3) is 0 Å². The fourth-order valence-electron chi connectivity index (χ4n) is 3.17. The second-order valence-electron chi connectivity index (χ2n) is 6.70. The first kappa shape index (κ1) is 21.1. The number of benzene rings is 1. The summed E-state index contributed by atoms with van der Waals surface area (Å²) in [4.78, 5) is 4.56. The molecule has 0 amide bonds. The summed E-state index contributed by atoms with van der Waals surface area (Å²) in [6.45, 7) is 3.36. The predicted molar refractivity (Wildman–Crippen MR) is 113 cm³/mol. The Labute approximate surface area is 162 Å². The smallest absolute Gasteiger partial charge is 0.191 e. The Morgan fingerprint density at radius 2 is 2.04 bits per heavy atom. The van der Waals surface area contributed by atoms with Crippen molar-refractivity contribution < 1.29 is 8.42 Å². The molecule has 2 atom stereocenters. The van der Waals surface area contributed by atoms with Crippen LogP contribution in [0.1, 0.15) is 38.2 Å². The van der Waals surface area contributed by atoms with Crippen LogP contribution in [0.5, 0.6) is 0 Å². The molecular weight excluding hydrogens is 366 g/mol. The Kier molecular flexibility index (Phi) is 8.78. The van der Waals surface area contributed by atoms with Gasteiger partial charge in [-0.1, -0.05) is 30.3 Å². The minimum atomic E-state index is -3.09. The van der Waals surface area contributed by atoms with E-state index in [-0.39, 0.29) is 11.5 Å². The van der Waals surface area contributed by atoms with E-state index in [2.05, 4.69) is 21.9 Å². The van der Waals surface area contributed by atoms with Crippen molar-refractivity contribution in [3.63, 3.8) is 0 Å². The fraction of sp³-hybridized carbons (Fsp3) is 0.632. The van der Waals surface area contributed by atoms with Crippen molar-refractivity contribution in [2.45, 2.75) is 49.7 Å². The highest BCUT2D eigenvalue weighted by atomic mass is 32.2. The highest BCUT2D eigenvalue weighted by Crippen LogP contribution is 2.27. The lowest BCUT2D eigenvalue weighted by atomic mass is 10.2. The van der Waals surface area contributed by atoms with Crippen molar-refractivity contribution in [3.05, 3.63) is 35.9 Å². The van der Waals surface area contributed by atoms with Crippen LogP contribution in [0.2, 0.25) is 0 Å². The Morgan fingerprint density at radius 3 is 2.69 bits per heavy atom. The molecule has 0 saturated heterocycles. The molecule has 1 aliphatic rings. The standard InChI is InChI=1S/C19H31N3O2S2/c1-3-20-19(22-17-10-11-18(14-17)25-2)21-12-7-13-26(23,24)15-16-8-5-4-6-9-16/h4-6,8-9,17-18H,3,7,10-15H2,1-2H3,(H2,20,21,22). The average molecular weight is 398 g/mol. The summed E-state index contributed by atoms with van der Waals surface area (Å²) in [6, 6.07) is 9.80. The summed E-state index contributed by atoms with van der Waals surface area (Å²) in [7, 11) is -3.09. The molecule has 1 aliphatic carbocycles. The van der Waals surface area contributed by atoms with Gasteiger partial charge in [0.05, 0.1) is 11.5 Å². The van der Waals surface area contributed by atoms with E-state index in [0.29, 0.717) is 19.0 Å². The van der Waals surface area contributed by atoms with Gasteiger partial charge in [0.2, 0.25) is 0 Å². The maximum absolute atomic E-state index is 12.2. The average Bonchev–Trinajstić information content (AvgIpc) is 3.07. The van der Waals surface area contributed by atoms with E-state index in [1.54, 1.807) is 0 Å². The van der Waals surface area contributed by atoms with Crippen LogP contribution >= 0.6 is 11.8 Å². The van der Waals surface area contributed by atoms with Crippen LogP contribution in [-0.2, 0) is 15.6 Å². The molecule has 0 radical (unpaired) electrons. The topological polar surface area (TPSA) is 70.6 Å². The largest absolute Gasteiger partial charge is 0.357 e. The molecule has 5 nitrogen and oxygen atoms in total. The van der Waals surface area contributed by atoms with Crippen LogP contribution in [0.3, 0.4) is 0 Å². The summed E-state index contributed by atoms with van der Waals surface area (Å²) in [5.41, 5.74) is 0.843. The lowest BCUT2D eigenvalue weighted by Crippen LogP contribution is -2.42. The third kappa shape index (κ3) is 7.58. The van der Waals surface area contributed by atoms with Gasteiger partial charge in [-0.25, -0.2) is 8.42 Å². The van der Waals surface area contributed by atoms with E-state index in [1.165, 1.54) is 12.8 Å². The molecule has 1 aromatic rings. The Hall–Kier alpha value is -1.21. The lowest BCUT2D eigenvalue weighted by molar-refractivity contribution is 0.592. The van der Waals surface area contributed by atoms with Crippen LogP contribution in [0.4, 0.5) is 0 Å². The number of hydrogen-bond acceptors (Lipinski definition) is 4. The summed E-state index contributed by atoms with van der Waals surface area (Å²) in [5.74, 6) is 1.08. The molecule has 0 spiro atoms. The molecule has 2 rings (SSSR count). The molecule has 0 aromatic heterocycles. The van der Waals surface area contributed by atoms with Crippen LogP contribution in [0.25, 0.3) is 0 Å². The Morgan fingerprint density at radius 1 is 1.27 bits per heavy atom. The molecule has 2 N–H and O–H groups in total. The maximum atomic E-state index is 12.2. The molecule has 0 heterocycles. The number of thioether (sulfide) groups is 1. The summed E-state index contributed by atoms with van der Waals surface area (Å²) >= 11 is 1.93. The third-order valence-electron chi connectivity index (χ3n) is 4.52. The number of aliphatic imine (C=N–C) groups is 1. The molecule has 146 valence electrons. The number of guanidine groups is 1. The van der Waals surface area contributed by atoms with Crippen molar-refractivity contribution in [2.24, 2.45) is 4.99 Å². The van der Waals surface area contributed by atoms with E-state index in [1.807, 2.05) is 49.0 Å². The minimum absolute atomic E-state index is 0.105. The number of hydrogen-bond donors (Lipinski definition) is 2. The second-order valence-corrected chi connectivity index (χ2v) is 10.0. The van der Waals surface area contributed by atoms with E-state index in [4.69, 9.17) is 0 Å². The minimum Gasteiger partial charge on any atom is -0.357 e. The van der Waals surface area contributed by atoms with Crippen LogP contribution in [-0.4, -0.2) is 50.8 Å². The molecule has 0 aliphatic heterocycles. The van der Waals surface area contributed by atoms with Gasteiger partial charge in [-0.05, 0) is 44.4 Å². The van der Waals surface area contributed by atoms with E-state index < -0.39 is 9.84 Å². The number of nitrogens with zero attached hydrogens (tertiary/aromatic N) is 1. The van der Waals surface area contributed by atoms with Crippen LogP contribution in [0.15, 0.2) is 35.3 Å². The Bertz CT molecular complexity index is 663. The van der Waals surface area contributed by atoms with Gasteiger partial charge in [-0.15, -0.1) is 0 Å². The molecule has 1 saturated carbocycles. The van der Waals surface area contributed by atoms with Crippen molar-refractivity contribution in [2.75, 3.05) is 25.1 Å². The first-order valence-corrected chi connectivity index (χ1v) is 12.5. The van der Waals surface area contributed by atoms with Gasteiger partial charge in [0, 0.05) is 24.4 Å². The van der Waals surface area contributed by atoms with Gasteiger partial charge in [0.15, 0.2) is 15.8 Å². The van der Waals surface area contributed by atoms with Crippen molar-refractivity contribution in [1.82, 2.24) is 10.6 Å². The summed E-state index contributed by atoms with van der Waals surface area (Å²) < 4.78 is 24.5. The third-order valence-corrected chi connectivity index (χ3v) is 7.29. The monoisotopic (exact) mass is 397 g/mol. The first-order valence-electron chi connectivity index (χ1n) is 9.34. The predicted octanol–water partition coefficient (Wildman–Crippen LogP) is 2.83. The SMILES string of the molecule is CCNC(=NCCCS(=O)(=O)Cc1ccccc1)NC1CCC(SC)C1. The fourth-order valence-corrected chi connectivity index (χ4v) is 5.38. The molecule has 1 fully saturated rings. The zero-order valence-electron chi connectivity index (χ0n) is 15.8. The lowest BCUT2D eigenvalue weighted by Gasteiger charge is -2.17. The quantitative estimate of drug-likeness (QED) is 0.381. The Balaban J connectivity index is 1.78. The maximum Gasteiger partial charge on any atom is 0.191 e. The van der Waals surface area contributed by atoms with Gasteiger partial charge in [-0.3, -0.25) is 4.99 Å². The molecule has 2 unspecified atom stereocenters.